The van der Waals surface area contributed by atoms with Crippen molar-refractivity contribution < 1.29 is 22.8 Å². The van der Waals surface area contributed by atoms with Crippen LogP contribution in [0.4, 0.5) is 18.9 Å². The fraction of sp³-hybridized carbons (Fsp3) is 0.300. The van der Waals surface area contributed by atoms with E-state index in [4.69, 9.17) is 5.73 Å². The third kappa shape index (κ3) is 4.12. The number of nitrogens with one attached hydrogen (secondary N) is 1. The van der Waals surface area contributed by atoms with Gasteiger partial charge in [-0.1, -0.05) is 19.1 Å². The number of hydrogen-bond acceptors (Lipinski definition) is 5. The number of rotatable bonds is 4. The second-order valence-electron chi connectivity index (χ2n) is 6.95. The van der Waals surface area contributed by atoms with Gasteiger partial charge in [-0.2, -0.15) is 13.2 Å². The highest BCUT2D eigenvalue weighted by atomic mass is 19.4. The molecule has 1 aliphatic rings. The van der Waals surface area contributed by atoms with Crippen LogP contribution in [0.2, 0.25) is 0 Å². The summed E-state index contributed by atoms with van der Waals surface area (Å²) in [4.78, 5) is 34.1. The maximum Gasteiger partial charge on any atom is 0.417 e. The van der Waals surface area contributed by atoms with Gasteiger partial charge in [-0.05, 0) is 36.2 Å². The van der Waals surface area contributed by atoms with E-state index >= 15 is 0 Å². The fourth-order valence-corrected chi connectivity index (χ4v) is 3.18. The quantitative estimate of drug-likeness (QED) is 0.795. The Morgan fingerprint density at radius 2 is 2.03 bits per heavy atom. The molecular weight excluding hydrogens is 399 g/mol. The van der Waals surface area contributed by atoms with Crippen molar-refractivity contribution in [2.24, 2.45) is 10.7 Å². The van der Waals surface area contributed by atoms with Crippen LogP contribution in [0.25, 0.3) is 0 Å². The van der Waals surface area contributed by atoms with Crippen molar-refractivity contribution in [3.63, 3.8) is 0 Å². The van der Waals surface area contributed by atoms with E-state index < -0.39 is 23.2 Å². The average molecular weight is 419 g/mol. The second kappa shape index (κ2) is 7.77. The van der Waals surface area contributed by atoms with Gasteiger partial charge < -0.3 is 11.1 Å². The highest BCUT2D eigenvalue weighted by Crippen LogP contribution is 2.37. The lowest BCUT2D eigenvalue weighted by molar-refractivity contribution is -0.137. The minimum atomic E-state index is -4.53. The Morgan fingerprint density at radius 3 is 2.60 bits per heavy atom. The summed E-state index contributed by atoms with van der Waals surface area (Å²) in [6, 6.07) is 8.57. The minimum Gasteiger partial charge on any atom is -0.369 e. The molecule has 2 amide bonds. The van der Waals surface area contributed by atoms with Gasteiger partial charge in [0.05, 0.1) is 17.5 Å². The number of carbonyl (C=O) groups is 2. The Balaban J connectivity index is 1.85. The van der Waals surface area contributed by atoms with E-state index in [0.717, 1.165) is 12.1 Å². The first-order chi connectivity index (χ1) is 14.1. The topological polar surface area (TPSA) is 101 Å². The van der Waals surface area contributed by atoms with Gasteiger partial charge in [0.1, 0.15) is 5.69 Å². The third-order valence-electron chi connectivity index (χ3n) is 5.06. The summed E-state index contributed by atoms with van der Waals surface area (Å²) >= 11 is 0. The van der Waals surface area contributed by atoms with Crippen molar-refractivity contribution in [2.45, 2.75) is 31.5 Å². The van der Waals surface area contributed by atoms with Crippen LogP contribution in [0.1, 0.15) is 41.4 Å². The molecule has 158 valence electrons. The SMILES string of the molecule is CCC1(c2cccc(NC(=O)c3ccc(C(F)(F)F)cn3)c2)CC(=O)N(C)C(N)=N1. The monoisotopic (exact) mass is 419 g/mol. The third-order valence-corrected chi connectivity index (χ3v) is 5.06. The Hall–Kier alpha value is -3.43. The van der Waals surface area contributed by atoms with Crippen molar-refractivity contribution in [3.05, 3.63) is 59.4 Å². The number of pyridine rings is 1. The van der Waals surface area contributed by atoms with Gasteiger partial charge in [-0.15, -0.1) is 0 Å². The summed E-state index contributed by atoms with van der Waals surface area (Å²) in [6.45, 7) is 1.88. The zero-order chi connectivity index (χ0) is 22.1. The lowest BCUT2D eigenvalue weighted by atomic mass is 9.83. The summed E-state index contributed by atoms with van der Waals surface area (Å²) < 4.78 is 38.0. The molecule has 0 radical (unpaired) electrons. The molecule has 1 aliphatic heterocycles. The maximum absolute atomic E-state index is 12.7. The first kappa shape index (κ1) is 21.3. The lowest BCUT2D eigenvalue weighted by Crippen LogP contribution is -2.48. The molecule has 3 rings (SSSR count). The van der Waals surface area contributed by atoms with Crippen molar-refractivity contribution in [2.75, 3.05) is 12.4 Å². The number of anilines is 1. The first-order valence-corrected chi connectivity index (χ1v) is 9.13. The Morgan fingerprint density at radius 1 is 1.30 bits per heavy atom. The molecule has 1 atom stereocenters. The zero-order valence-electron chi connectivity index (χ0n) is 16.3. The summed E-state index contributed by atoms with van der Waals surface area (Å²) in [5.74, 6) is -0.724. The number of amides is 2. The van der Waals surface area contributed by atoms with Gasteiger partial charge in [0, 0.05) is 18.9 Å². The van der Waals surface area contributed by atoms with Crippen LogP contribution < -0.4 is 11.1 Å². The molecule has 2 aromatic rings. The van der Waals surface area contributed by atoms with E-state index in [1.165, 1.54) is 4.90 Å². The lowest BCUT2D eigenvalue weighted by Gasteiger charge is -2.36. The Kier molecular flexibility index (Phi) is 5.51. The fourth-order valence-electron chi connectivity index (χ4n) is 3.18. The van der Waals surface area contributed by atoms with E-state index in [2.05, 4.69) is 15.3 Å². The molecule has 2 heterocycles. The summed E-state index contributed by atoms with van der Waals surface area (Å²) in [6.07, 6.45) is -3.29. The molecule has 0 fully saturated rings. The van der Waals surface area contributed by atoms with Crippen molar-refractivity contribution >= 4 is 23.5 Å². The van der Waals surface area contributed by atoms with E-state index in [-0.39, 0.29) is 24.0 Å². The highest BCUT2D eigenvalue weighted by Gasteiger charge is 2.39. The van der Waals surface area contributed by atoms with Gasteiger partial charge in [0.2, 0.25) is 5.91 Å². The van der Waals surface area contributed by atoms with Crippen LogP contribution in [0.5, 0.6) is 0 Å². The standard InChI is InChI=1S/C20H20F3N5O2/c1-3-19(10-16(29)28(2)18(24)27-19)12-5-4-6-14(9-12)26-17(30)15-8-7-13(11-25-15)20(21,22)23/h4-9,11H,3,10H2,1-2H3,(H2,24,27)(H,26,30). The van der Waals surface area contributed by atoms with Crippen molar-refractivity contribution in [1.29, 1.82) is 0 Å². The summed E-state index contributed by atoms with van der Waals surface area (Å²) in [5, 5.41) is 2.61. The number of nitrogens with two attached hydrogens (primary N) is 1. The molecule has 0 aliphatic carbocycles. The number of benzene rings is 1. The van der Waals surface area contributed by atoms with E-state index in [1.807, 2.05) is 6.92 Å². The number of guanidine groups is 1. The van der Waals surface area contributed by atoms with Crippen LogP contribution >= 0.6 is 0 Å². The van der Waals surface area contributed by atoms with Crippen molar-refractivity contribution in [1.82, 2.24) is 9.88 Å². The van der Waals surface area contributed by atoms with E-state index in [9.17, 15) is 22.8 Å². The zero-order valence-corrected chi connectivity index (χ0v) is 16.3. The number of nitrogens with zero attached hydrogens (tertiary/aromatic N) is 3. The van der Waals surface area contributed by atoms with Crippen molar-refractivity contribution in [3.8, 4) is 0 Å². The van der Waals surface area contributed by atoms with E-state index in [1.54, 1.807) is 31.3 Å². The number of aromatic nitrogens is 1. The second-order valence-corrected chi connectivity index (χ2v) is 6.95. The summed E-state index contributed by atoms with van der Waals surface area (Å²) in [5.41, 5.74) is 5.02. The number of halogens is 3. The average Bonchev–Trinajstić information content (AvgIpc) is 2.71. The Labute approximate surface area is 170 Å². The van der Waals surface area contributed by atoms with Gasteiger partial charge in [0.15, 0.2) is 5.96 Å². The van der Waals surface area contributed by atoms with Crippen LogP contribution in [0.3, 0.4) is 0 Å². The molecule has 0 saturated heterocycles. The van der Waals surface area contributed by atoms with Crippen LogP contribution in [-0.2, 0) is 16.5 Å². The van der Waals surface area contributed by atoms with Gasteiger partial charge in [-0.25, -0.2) is 4.99 Å². The van der Waals surface area contributed by atoms with Gasteiger partial charge >= 0.3 is 6.18 Å². The molecule has 0 bridgehead atoms. The first-order valence-electron chi connectivity index (χ1n) is 9.13. The minimum absolute atomic E-state index is 0.108. The predicted octanol–water partition coefficient (Wildman–Crippen LogP) is 3.13. The molecule has 7 nitrogen and oxygen atoms in total. The van der Waals surface area contributed by atoms with Crippen LogP contribution in [-0.4, -0.2) is 34.7 Å². The number of alkyl halides is 3. The largest absolute Gasteiger partial charge is 0.417 e. The van der Waals surface area contributed by atoms with Gasteiger partial charge in [0.25, 0.3) is 5.91 Å². The predicted molar refractivity (Wildman–Crippen MR) is 105 cm³/mol. The number of hydrogen-bond donors (Lipinski definition) is 2. The molecule has 3 N–H and O–H groups in total. The molecule has 10 heteroatoms. The van der Waals surface area contributed by atoms with Crippen LogP contribution in [0, 0.1) is 0 Å². The normalized spacial score (nSPS) is 19.4. The number of carbonyl (C=O) groups excluding carboxylic acids is 2. The highest BCUT2D eigenvalue weighted by molar-refractivity contribution is 6.03. The molecule has 1 unspecified atom stereocenters. The molecule has 1 aromatic heterocycles. The maximum atomic E-state index is 12.7. The molecular formula is C20H20F3N5O2. The molecule has 0 saturated carbocycles. The molecule has 0 spiro atoms. The van der Waals surface area contributed by atoms with Crippen LogP contribution in [0.15, 0.2) is 47.6 Å². The summed E-state index contributed by atoms with van der Waals surface area (Å²) in [7, 11) is 1.55. The molecule has 30 heavy (non-hydrogen) atoms. The molecule has 1 aromatic carbocycles. The smallest absolute Gasteiger partial charge is 0.369 e. The number of aliphatic imine (C=N–C) groups is 1. The van der Waals surface area contributed by atoms with Gasteiger partial charge in [-0.3, -0.25) is 19.5 Å². The Bertz CT molecular complexity index is 1000. The van der Waals surface area contributed by atoms with E-state index in [0.29, 0.717) is 23.9 Å².